The summed E-state index contributed by atoms with van der Waals surface area (Å²) < 4.78 is 27.0. The van der Waals surface area contributed by atoms with E-state index in [0.717, 1.165) is 18.2 Å². The van der Waals surface area contributed by atoms with E-state index in [-0.39, 0.29) is 6.54 Å². The highest BCUT2D eigenvalue weighted by molar-refractivity contribution is 5.98. The minimum atomic E-state index is -1.31. The van der Waals surface area contributed by atoms with Crippen LogP contribution < -0.4 is 0 Å². The molecule has 1 unspecified atom stereocenters. The molecule has 0 spiro atoms. The lowest BCUT2D eigenvalue weighted by Crippen LogP contribution is -2.53. The van der Waals surface area contributed by atoms with Crippen LogP contribution in [0.4, 0.5) is 8.78 Å². The Hall–Kier alpha value is -1.98. The summed E-state index contributed by atoms with van der Waals surface area (Å²) >= 11 is 0. The van der Waals surface area contributed by atoms with Crippen molar-refractivity contribution in [3.05, 3.63) is 35.4 Å². The average Bonchev–Trinajstić information content (AvgIpc) is 2.86. The highest BCUT2D eigenvalue weighted by atomic mass is 19.1. The molecule has 6 heteroatoms. The van der Waals surface area contributed by atoms with Gasteiger partial charge in [0.2, 0.25) is 0 Å². The quantitative estimate of drug-likeness (QED) is 0.929. The monoisotopic (exact) mass is 297 g/mol. The molecule has 1 aliphatic heterocycles. The van der Waals surface area contributed by atoms with Gasteiger partial charge in [0.25, 0.3) is 5.91 Å². The molecule has 1 fully saturated rings. The summed E-state index contributed by atoms with van der Waals surface area (Å²) in [6, 6.07) is 2.61. The number of benzene rings is 1. The summed E-state index contributed by atoms with van der Waals surface area (Å²) in [5.41, 5.74) is -1.73. The first-order valence-corrected chi connectivity index (χ1v) is 6.93. The molecular formula is C15H17F2NO3. The highest BCUT2D eigenvalue weighted by Crippen LogP contribution is 2.35. The molecule has 1 aromatic rings. The largest absolute Gasteiger partial charge is 0.479 e. The molecule has 1 heterocycles. The van der Waals surface area contributed by atoms with Crippen molar-refractivity contribution in [2.45, 2.75) is 38.1 Å². The maximum atomic E-state index is 13.8. The van der Waals surface area contributed by atoms with Crippen LogP contribution in [0.1, 0.15) is 43.0 Å². The number of carbonyl (C=O) groups excluding carboxylic acids is 1. The van der Waals surface area contributed by atoms with Gasteiger partial charge in [-0.2, -0.15) is 0 Å². The zero-order chi connectivity index (χ0) is 15.6. The Balaban J connectivity index is 2.41. The smallest absolute Gasteiger partial charge is 0.329 e. The lowest BCUT2D eigenvalue weighted by molar-refractivity contribution is -0.148. The SMILES string of the molecule is CCCC1(C(=O)O)CCCN1C(=O)c1cc(F)ccc1F. The van der Waals surface area contributed by atoms with E-state index in [1.165, 1.54) is 4.90 Å². The number of likely N-dealkylation sites (tertiary alicyclic amines) is 1. The normalized spacial score (nSPS) is 21.6. The average molecular weight is 297 g/mol. The van der Waals surface area contributed by atoms with Crippen LogP contribution >= 0.6 is 0 Å². The Morgan fingerprint density at radius 2 is 2.10 bits per heavy atom. The van der Waals surface area contributed by atoms with Gasteiger partial charge in [0.05, 0.1) is 5.56 Å². The van der Waals surface area contributed by atoms with E-state index >= 15 is 0 Å². The Morgan fingerprint density at radius 3 is 2.71 bits per heavy atom. The Morgan fingerprint density at radius 1 is 1.38 bits per heavy atom. The number of aliphatic carboxylic acids is 1. The van der Waals surface area contributed by atoms with Crippen molar-refractivity contribution < 1.29 is 23.5 Å². The molecule has 1 aromatic carbocycles. The van der Waals surface area contributed by atoms with Gasteiger partial charge in [0, 0.05) is 6.54 Å². The van der Waals surface area contributed by atoms with E-state index < -0.39 is 34.6 Å². The first-order chi connectivity index (χ1) is 9.92. The fourth-order valence-electron chi connectivity index (χ4n) is 2.98. The summed E-state index contributed by atoms with van der Waals surface area (Å²) in [6.45, 7) is 2.07. The fourth-order valence-corrected chi connectivity index (χ4v) is 2.98. The lowest BCUT2D eigenvalue weighted by Gasteiger charge is -2.34. The molecule has 114 valence electrons. The molecule has 0 bridgehead atoms. The van der Waals surface area contributed by atoms with Gasteiger partial charge in [-0.05, 0) is 37.5 Å². The number of carboxylic acid groups (broad SMARTS) is 1. The Kier molecular flexibility index (Phi) is 4.25. The molecule has 0 saturated carbocycles. The maximum absolute atomic E-state index is 13.8. The van der Waals surface area contributed by atoms with E-state index in [4.69, 9.17) is 0 Å². The van der Waals surface area contributed by atoms with Crippen LogP contribution in [0.2, 0.25) is 0 Å². The van der Waals surface area contributed by atoms with E-state index in [2.05, 4.69) is 0 Å². The molecule has 1 aliphatic rings. The van der Waals surface area contributed by atoms with Crippen molar-refractivity contribution in [2.24, 2.45) is 0 Å². The maximum Gasteiger partial charge on any atom is 0.329 e. The van der Waals surface area contributed by atoms with Crippen molar-refractivity contribution in [2.75, 3.05) is 6.54 Å². The van der Waals surface area contributed by atoms with Gasteiger partial charge in [-0.1, -0.05) is 13.3 Å². The summed E-state index contributed by atoms with van der Waals surface area (Å²) in [4.78, 5) is 25.3. The van der Waals surface area contributed by atoms with E-state index in [0.29, 0.717) is 25.7 Å². The zero-order valence-electron chi connectivity index (χ0n) is 11.7. The van der Waals surface area contributed by atoms with E-state index in [1.807, 2.05) is 6.92 Å². The van der Waals surface area contributed by atoms with Gasteiger partial charge in [-0.15, -0.1) is 0 Å². The second-order valence-electron chi connectivity index (χ2n) is 5.27. The van der Waals surface area contributed by atoms with Crippen molar-refractivity contribution >= 4 is 11.9 Å². The molecule has 0 radical (unpaired) electrons. The van der Waals surface area contributed by atoms with Crippen LogP contribution in [-0.2, 0) is 4.79 Å². The number of rotatable bonds is 4. The zero-order valence-corrected chi connectivity index (χ0v) is 11.7. The van der Waals surface area contributed by atoms with Gasteiger partial charge >= 0.3 is 5.97 Å². The van der Waals surface area contributed by atoms with Crippen LogP contribution in [0, 0.1) is 11.6 Å². The number of hydrogen-bond acceptors (Lipinski definition) is 2. The topological polar surface area (TPSA) is 57.6 Å². The Labute approximate surface area is 121 Å². The van der Waals surface area contributed by atoms with Gasteiger partial charge in [0.1, 0.15) is 17.2 Å². The Bertz CT molecular complexity index is 576. The number of halogens is 2. The molecule has 2 rings (SSSR count). The van der Waals surface area contributed by atoms with Gasteiger partial charge in [0.15, 0.2) is 0 Å². The number of amides is 1. The standard InChI is InChI=1S/C15H17F2NO3/c1-2-6-15(14(20)21)7-3-8-18(15)13(19)11-9-10(16)4-5-12(11)17/h4-5,9H,2-3,6-8H2,1H3,(H,20,21). The summed E-state index contributed by atoms with van der Waals surface area (Å²) in [7, 11) is 0. The van der Waals surface area contributed by atoms with Gasteiger partial charge in [-0.25, -0.2) is 13.6 Å². The van der Waals surface area contributed by atoms with Crippen molar-refractivity contribution in [1.29, 1.82) is 0 Å². The molecule has 1 N–H and O–H groups in total. The molecule has 1 saturated heterocycles. The minimum Gasteiger partial charge on any atom is -0.479 e. The van der Waals surface area contributed by atoms with Crippen LogP contribution in [0.15, 0.2) is 18.2 Å². The third kappa shape index (κ3) is 2.62. The predicted octanol–water partition coefficient (Wildman–Crippen LogP) is 2.82. The van der Waals surface area contributed by atoms with Crippen molar-refractivity contribution in [1.82, 2.24) is 4.90 Å². The summed E-state index contributed by atoms with van der Waals surface area (Å²) in [5.74, 6) is -3.42. The number of carbonyl (C=O) groups is 2. The van der Waals surface area contributed by atoms with Crippen molar-refractivity contribution in [3.8, 4) is 0 Å². The van der Waals surface area contributed by atoms with E-state index in [9.17, 15) is 23.5 Å². The van der Waals surface area contributed by atoms with Crippen LogP contribution in [0.25, 0.3) is 0 Å². The highest BCUT2D eigenvalue weighted by Gasteiger charge is 2.49. The van der Waals surface area contributed by atoms with E-state index in [1.54, 1.807) is 0 Å². The van der Waals surface area contributed by atoms with Gasteiger partial charge in [-0.3, -0.25) is 4.79 Å². The number of hydrogen-bond donors (Lipinski definition) is 1. The van der Waals surface area contributed by atoms with Crippen LogP contribution in [0.5, 0.6) is 0 Å². The molecule has 21 heavy (non-hydrogen) atoms. The third-order valence-electron chi connectivity index (χ3n) is 3.95. The number of nitrogens with zero attached hydrogens (tertiary/aromatic N) is 1. The lowest BCUT2D eigenvalue weighted by atomic mass is 9.90. The van der Waals surface area contributed by atoms with Crippen LogP contribution in [0.3, 0.4) is 0 Å². The first-order valence-electron chi connectivity index (χ1n) is 6.93. The number of carboxylic acids is 1. The molecule has 1 atom stereocenters. The molecule has 0 aromatic heterocycles. The summed E-state index contributed by atoms with van der Waals surface area (Å²) in [5, 5.41) is 9.52. The predicted molar refractivity (Wildman–Crippen MR) is 71.9 cm³/mol. The fraction of sp³-hybridized carbons (Fsp3) is 0.467. The second kappa shape index (κ2) is 5.79. The van der Waals surface area contributed by atoms with Crippen LogP contribution in [-0.4, -0.2) is 34.0 Å². The molecular weight excluding hydrogens is 280 g/mol. The molecule has 1 amide bonds. The molecule has 4 nitrogen and oxygen atoms in total. The second-order valence-corrected chi connectivity index (χ2v) is 5.27. The molecule has 0 aliphatic carbocycles. The summed E-state index contributed by atoms with van der Waals surface area (Å²) in [6.07, 6.45) is 1.75. The first kappa shape index (κ1) is 15.4. The van der Waals surface area contributed by atoms with Gasteiger partial charge < -0.3 is 10.0 Å². The van der Waals surface area contributed by atoms with Crippen molar-refractivity contribution in [3.63, 3.8) is 0 Å². The minimum absolute atomic E-state index is 0.237. The third-order valence-corrected chi connectivity index (χ3v) is 3.95.